The van der Waals surface area contributed by atoms with Gasteiger partial charge in [-0.15, -0.1) is 0 Å². The number of benzene rings is 2. The third-order valence-corrected chi connectivity index (χ3v) is 7.87. The van der Waals surface area contributed by atoms with Crippen LogP contribution in [-0.2, 0) is 4.79 Å². The Hall–Kier alpha value is -3.56. The van der Waals surface area contributed by atoms with Crippen LogP contribution >= 0.6 is 11.3 Å². The summed E-state index contributed by atoms with van der Waals surface area (Å²) in [6.45, 7) is 3.05. The smallest absolute Gasteiger partial charge is 0.260 e. The number of imide groups is 1. The summed E-state index contributed by atoms with van der Waals surface area (Å²) in [4.78, 5) is 29.2. The molecule has 2 fully saturated rings. The lowest BCUT2D eigenvalue weighted by molar-refractivity contribution is -0.114. The molecule has 2 amide bonds. The SMILES string of the molecule is O=C1NC(=O)c2ccc(-c3ccsc3)cc2C1=CNc1cc(F)c(N2CCN3CCC[C@H]3C2)c(F)c1. The molecule has 6 rings (SSSR count). The molecule has 0 radical (unpaired) electrons. The second-order valence-corrected chi connectivity index (χ2v) is 10.1. The summed E-state index contributed by atoms with van der Waals surface area (Å²) in [6, 6.07) is 10.1. The zero-order chi connectivity index (χ0) is 24.8. The first-order valence-electron chi connectivity index (χ1n) is 12.0. The Balaban J connectivity index is 1.28. The Morgan fingerprint density at radius 3 is 2.58 bits per heavy atom. The lowest BCUT2D eigenvalue weighted by atomic mass is 9.92. The molecule has 2 aromatic carbocycles. The minimum absolute atomic E-state index is 0.00786. The third-order valence-electron chi connectivity index (χ3n) is 7.18. The molecule has 3 aromatic rings. The van der Waals surface area contributed by atoms with Crippen molar-refractivity contribution in [2.45, 2.75) is 18.9 Å². The van der Waals surface area contributed by atoms with Crippen LogP contribution in [0.25, 0.3) is 16.7 Å². The van der Waals surface area contributed by atoms with Crippen molar-refractivity contribution in [2.75, 3.05) is 36.4 Å². The number of nitrogens with one attached hydrogen (secondary N) is 2. The highest BCUT2D eigenvalue weighted by Gasteiger charge is 2.33. The van der Waals surface area contributed by atoms with Gasteiger partial charge in [0, 0.05) is 48.7 Å². The van der Waals surface area contributed by atoms with Gasteiger partial charge in [-0.25, -0.2) is 8.78 Å². The van der Waals surface area contributed by atoms with Crippen molar-refractivity contribution in [3.63, 3.8) is 0 Å². The molecule has 1 aromatic heterocycles. The van der Waals surface area contributed by atoms with Crippen molar-refractivity contribution in [2.24, 2.45) is 0 Å². The van der Waals surface area contributed by atoms with Gasteiger partial charge in [-0.2, -0.15) is 11.3 Å². The molecule has 0 unspecified atom stereocenters. The average molecular weight is 507 g/mol. The largest absolute Gasteiger partial charge is 0.364 e. The summed E-state index contributed by atoms with van der Waals surface area (Å²) >= 11 is 1.55. The fourth-order valence-electron chi connectivity index (χ4n) is 5.38. The van der Waals surface area contributed by atoms with Crippen LogP contribution < -0.4 is 15.5 Å². The molecular weight excluding hydrogens is 482 g/mol. The number of halogens is 2. The van der Waals surface area contributed by atoms with Gasteiger partial charge >= 0.3 is 0 Å². The number of thiophene rings is 1. The van der Waals surface area contributed by atoms with E-state index in [0.717, 1.165) is 37.1 Å². The summed E-state index contributed by atoms with van der Waals surface area (Å²) in [5.74, 6) is -2.35. The Morgan fingerprint density at radius 1 is 0.972 bits per heavy atom. The van der Waals surface area contributed by atoms with Gasteiger partial charge in [0.05, 0.1) is 5.57 Å². The molecule has 2 saturated heterocycles. The molecule has 36 heavy (non-hydrogen) atoms. The number of carbonyl (C=O) groups is 2. The number of rotatable bonds is 4. The standard InChI is InChI=1S/C27H24F2N4O2S/c28-23-11-18(12-24(29)25(23)33-8-7-32-6-1-2-19(32)14-33)30-13-22-21-10-16(17-5-9-36-15-17)3-4-20(21)26(34)31-27(22)35/h3-5,9-13,15,19,30H,1-2,6-8,14H2,(H,31,34,35)/t19-/m0/s1. The van der Waals surface area contributed by atoms with Crippen molar-refractivity contribution in [1.82, 2.24) is 10.2 Å². The van der Waals surface area contributed by atoms with Gasteiger partial charge < -0.3 is 10.2 Å². The molecular formula is C27H24F2N4O2S. The van der Waals surface area contributed by atoms with Crippen molar-refractivity contribution < 1.29 is 18.4 Å². The van der Waals surface area contributed by atoms with Gasteiger partial charge in [-0.1, -0.05) is 6.07 Å². The van der Waals surface area contributed by atoms with Crippen molar-refractivity contribution in [3.8, 4) is 11.1 Å². The minimum Gasteiger partial charge on any atom is -0.364 e. The van der Waals surface area contributed by atoms with E-state index in [-0.39, 0.29) is 16.9 Å². The lowest BCUT2D eigenvalue weighted by Gasteiger charge is -2.39. The van der Waals surface area contributed by atoms with E-state index in [1.165, 1.54) is 18.3 Å². The topological polar surface area (TPSA) is 64.7 Å². The van der Waals surface area contributed by atoms with Crippen molar-refractivity contribution in [3.05, 3.63) is 76.1 Å². The Kier molecular flexibility index (Phi) is 5.81. The van der Waals surface area contributed by atoms with Crippen LogP contribution in [0.2, 0.25) is 0 Å². The lowest BCUT2D eigenvalue weighted by Crippen LogP contribution is -2.50. The third kappa shape index (κ3) is 4.08. The first kappa shape index (κ1) is 22.9. The molecule has 2 N–H and O–H groups in total. The van der Waals surface area contributed by atoms with Crippen LogP contribution in [0.3, 0.4) is 0 Å². The van der Waals surface area contributed by atoms with Crippen LogP contribution in [0, 0.1) is 11.6 Å². The molecule has 9 heteroatoms. The molecule has 0 spiro atoms. The normalized spacial score (nSPS) is 20.9. The zero-order valence-corrected chi connectivity index (χ0v) is 20.2. The number of hydrogen-bond acceptors (Lipinski definition) is 6. The molecule has 4 heterocycles. The minimum atomic E-state index is -0.647. The van der Waals surface area contributed by atoms with Crippen molar-refractivity contribution in [1.29, 1.82) is 0 Å². The number of nitrogens with zero attached hydrogens (tertiary/aromatic N) is 2. The van der Waals surface area contributed by atoms with Gasteiger partial charge in [0.15, 0.2) is 11.6 Å². The maximum absolute atomic E-state index is 15.1. The Labute approximate surface area is 211 Å². The second kappa shape index (κ2) is 9.15. The summed E-state index contributed by atoms with van der Waals surface area (Å²) in [5.41, 5.74) is 3.06. The van der Waals surface area contributed by atoms with E-state index in [1.807, 2.05) is 22.9 Å². The van der Waals surface area contributed by atoms with Gasteiger partial charge in [0.2, 0.25) is 0 Å². The van der Waals surface area contributed by atoms with Crippen molar-refractivity contribution >= 4 is 40.1 Å². The van der Waals surface area contributed by atoms with E-state index < -0.39 is 23.4 Å². The quantitative estimate of drug-likeness (QED) is 0.397. The summed E-state index contributed by atoms with van der Waals surface area (Å²) in [7, 11) is 0. The Morgan fingerprint density at radius 2 is 1.81 bits per heavy atom. The number of hydrogen-bond donors (Lipinski definition) is 2. The first-order chi connectivity index (χ1) is 17.5. The van der Waals surface area contributed by atoms with Crippen LogP contribution in [0.15, 0.2) is 53.4 Å². The van der Waals surface area contributed by atoms with E-state index in [0.29, 0.717) is 30.3 Å². The van der Waals surface area contributed by atoms with Crippen LogP contribution in [0.5, 0.6) is 0 Å². The van der Waals surface area contributed by atoms with Gasteiger partial charge in [-0.05, 0) is 71.6 Å². The first-order valence-corrected chi connectivity index (χ1v) is 12.9. The molecule has 3 aliphatic rings. The average Bonchev–Trinajstić information content (AvgIpc) is 3.55. The van der Waals surface area contributed by atoms with Gasteiger partial charge in [0.25, 0.3) is 11.8 Å². The summed E-state index contributed by atoms with van der Waals surface area (Å²) in [5, 5.41) is 9.12. The van der Waals surface area contributed by atoms with E-state index in [2.05, 4.69) is 15.5 Å². The van der Waals surface area contributed by atoms with E-state index in [9.17, 15) is 9.59 Å². The van der Waals surface area contributed by atoms with E-state index in [1.54, 1.807) is 28.4 Å². The van der Waals surface area contributed by atoms with Crippen LogP contribution in [-0.4, -0.2) is 48.9 Å². The fraction of sp³-hybridized carbons (Fsp3) is 0.259. The number of carbonyl (C=O) groups excluding carboxylic acids is 2. The summed E-state index contributed by atoms with van der Waals surface area (Å²) < 4.78 is 30.2. The number of piperazine rings is 1. The van der Waals surface area contributed by atoms with E-state index in [4.69, 9.17) is 0 Å². The highest BCUT2D eigenvalue weighted by molar-refractivity contribution is 7.08. The molecule has 3 aliphatic heterocycles. The molecule has 6 nitrogen and oxygen atoms in total. The molecule has 1 atom stereocenters. The number of amides is 2. The van der Waals surface area contributed by atoms with Gasteiger partial charge in [-0.3, -0.25) is 19.8 Å². The number of fused-ring (bicyclic) bond motifs is 2. The maximum Gasteiger partial charge on any atom is 0.260 e. The fourth-order valence-corrected chi connectivity index (χ4v) is 6.04. The number of anilines is 2. The molecule has 0 aliphatic carbocycles. The second-order valence-electron chi connectivity index (χ2n) is 9.32. The van der Waals surface area contributed by atoms with Gasteiger partial charge in [0.1, 0.15) is 5.69 Å². The van der Waals surface area contributed by atoms with E-state index >= 15 is 8.78 Å². The van der Waals surface area contributed by atoms with Crippen LogP contribution in [0.1, 0.15) is 28.8 Å². The predicted octanol–water partition coefficient (Wildman–Crippen LogP) is 4.70. The zero-order valence-electron chi connectivity index (χ0n) is 19.4. The molecule has 0 saturated carbocycles. The Bertz CT molecular complexity index is 1370. The van der Waals surface area contributed by atoms with Crippen LogP contribution in [0.4, 0.5) is 20.2 Å². The molecule has 0 bridgehead atoms. The predicted molar refractivity (Wildman–Crippen MR) is 137 cm³/mol. The monoisotopic (exact) mass is 506 g/mol. The summed E-state index contributed by atoms with van der Waals surface area (Å²) in [6.07, 6.45) is 3.56. The highest BCUT2D eigenvalue weighted by atomic mass is 32.1. The maximum atomic E-state index is 15.1. The molecule has 184 valence electrons. The highest BCUT2D eigenvalue weighted by Crippen LogP contribution is 2.33.